The largest absolute Gasteiger partial charge is 0.296 e. The van der Waals surface area contributed by atoms with Crippen molar-refractivity contribution in [3.8, 4) is 61.7 Å². The number of imidazole rings is 1. The molecule has 10 aromatic rings. The first-order valence-corrected chi connectivity index (χ1v) is 18.8. The molecule has 0 amide bonds. The Kier molecular flexibility index (Phi) is 8.07. The van der Waals surface area contributed by atoms with Gasteiger partial charge in [0.25, 0.3) is 0 Å². The van der Waals surface area contributed by atoms with Crippen molar-refractivity contribution >= 4 is 32.7 Å². The maximum atomic E-state index is 5.36. The summed E-state index contributed by atoms with van der Waals surface area (Å²) >= 11 is 0. The van der Waals surface area contributed by atoms with E-state index in [1.165, 1.54) is 0 Å². The molecule has 3 heterocycles. The Bertz CT molecular complexity index is 2930. The molecule has 0 N–H and O–H groups in total. The Balaban J connectivity index is 1.09. The molecular formula is C51H36N4. The second kappa shape index (κ2) is 13.7. The van der Waals surface area contributed by atoms with E-state index in [1.807, 2.05) is 12.1 Å². The third-order valence-electron chi connectivity index (χ3n) is 10.5. The van der Waals surface area contributed by atoms with Crippen LogP contribution >= 0.6 is 0 Å². The van der Waals surface area contributed by atoms with E-state index in [0.29, 0.717) is 0 Å². The summed E-state index contributed by atoms with van der Waals surface area (Å²) in [6, 6.07) is 66.3. The van der Waals surface area contributed by atoms with Crippen molar-refractivity contribution in [2.24, 2.45) is 0 Å². The molecule has 4 heteroatoms. The molecule has 0 atom stereocenters. The van der Waals surface area contributed by atoms with Crippen molar-refractivity contribution < 1.29 is 0 Å². The summed E-state index contributed by atoms with van der Waals surface area (Å²) in [6.45, 7) is 2.17. The number of hydrogen-bond acceptors (Lipinski definition) is 3. The monoisotopic (exact) mass is 704 g/mol. The summed E-state index contributed by atoms with van der Waals surface area (Å²) in [4.78, 5) is 15.8. The number of hydrogen-bond donors (Lipinski definition) is 0. The number of rotatable bonds is 7. The predicted molar refractivity (Wildman–Crippen MR) is 228 cm³/mol. The van der Waals surface area contributed by atoms with Gasteiger partial charge in [0.05, 0.1) is 33.6 Å². The van der Waals surface area contributed by atoms with Crippen LogP contribution in [0.25, 0.3) is 94.4 Å². The van der Waals surface area contributed by atoms with Crippen molar-refractivity contribution in [3.05, 3.63) is 194 Å². The van der Waals surface area contributed by atoms with E-state index in [2.05, 4.69) is 187 Å². The van der Waals surface area contributed by atoms with Gasteiger partial charge in [-0.3, -0.25) is 4.57 Å². The van der Waals surface area contributed by atoms with Gasteiger partial charge < -0.3 is 0 Å². The Labute approximate surface area is 320 Å². The van der Waals surface area contributed by atoms with Crippen LogP contribution in [0.1, 0.15) is 12.7 Å². The number of aromatic nitrogens is 4. The molecule has 7 aromatic carbocycles. The SMILES string of the molecule is CCc1nc2c3c(-c4cccc(-c5ccc(-c6cc(-c7ccccc7)nc(-c7ccccc7)c6)cc5)c4)nc4ccccc4c3ccc2n1-c1ccccc1. The molecule has 3 aromatic heterocycles. The molecule has 260 valence electrons. The molecule has 0 fully saturated rings. The molecule has 0 saturated heterocycles. The molecule has 0 radical (unpaired) electrons. The average molecular weight is 705 g/mol. The third kappa shape index (κ3) is 5.85. The molecule has 4 nitrogen and oxygen atoms in total. The summed E-state index contributed by atoms with van der Waals surface area (Å²) < 4.78 is 2.29. The van der Waals surface area contributed by atoms with Crippen molar-refractivity contribution in [2.75, 3.05) is 0 Å². The first-order chi connectivity index (χ1) is 27.2. The zero-order valence-corrected chi connectivity index (χ0v) is 30.4. The van der Waals surface area contributed by atoms with Crippen molar-refractivity contribution in [3.63, 3.8) is 0 Å². The zero-order chi connectivity index (χ0) is 36.7. The highest BCUT2D eigenvalue weighted by molar-refractivity contribution is 6.20. The van der Waals surface area contributed by atoms with Crippen LogP contribution in [0.4, 0.5) is 0 Å². The Hall–Kier alpha value is -7.17. The fourth-order valence-electron chi connectivity index (χ4n) is 7.85. The predicted octanol–water partition coefficient (Wildman–Crippen LogP) is 13.0. The molecule has 55 heavy (non-hydrogen) atoms. The topological polar surface area (TPSA) is 43.6 Å². The maximum absolute atomic E-state index is 5.36. The van der Waals surface area contributed by atoms with Gasteiger partial charge in [-0.2, -0.15) is 0 Å². The van der Waals surface area contributed by atoms with Crippen LogP contribution in [0.2, 0.25) is 0 Å². The quantitative estimate of drug-likeness (QED) is 0.155. The molecule has 0 bridgehead atoms. The minimum absolute atomic E-state index is 0.813. The summed E-state index contributed by atoms with van der Waals surface area (Å²) in [5.41, 5.74) is 14.8. The molecule has 0 spiro atoms. The smallest absolute Gasteiger partial charge is 0.114 e. The summed E-state index contributed by atoms with van der Waals surface area (Å²) in [7, 11) is 0. The minimum atomic E-state index is 0.813. The van der Waals surface area contributed by atoms with E-state index in [-0.39, 0.29) is 0 Å². The number of benzene rings is 7. The second-order valence-corrected chi connectivity index (χ2v) is 13.9. The molecule has 10 rings (SSSR count). The lowest BCUT2D eigenvalue weighted by molar-refractivity contribution is 0.908. The summed E-state index contributed by atoms with van der Waals surface area (Å²) in [5, 5.41) is 3.36. The van der Waals surface area contributed by atoms with Crippen LogP contribution in [0.5, 0.6) is 0 Å². The van der Waals surface area contributed by atoms with E-state index in [0.717, 1.165) is 107 Å². The van der Waals surface area contributed by atoms with Gasteiger partial charge in [0.2, 0.25) is 0 Å². The van der Waals surface area contributed by atoms with E-state index in [9.17, 15) is 0 Å². The van der Waals surface area contributed by atoms with Crippen LogP contribution in [0, 0.1) is 0 Å². The fourth-order valence-corrected chi connectivity index (χ4v) is 7.85. The van der Waals surface area contributed by atoms with Gasteiger partial charge in [-0.15, -0.1) is 0 Å². The number of para-hydroxylation sites is 2. The van der Waals surface area contributed by atoms with Crippen molar-refractivity contribution in [1.29, 1.82) is 0 Å². The van der Waals surface area contributed by atoms with E-state index >= 15 is 0 Å². The average Bonchev–Trinajstić information content (AvgIpc) is 3.66. The number of pyridine rings is 2. The number of nitrogens with zero attached hydrogens (tertiary/aromatic N) is 4. The highest BCUT2D eigenvalue weighted by Gasteiger charge is 2.20. The fraction of sp³-hybridized carbons (Fsp3) is 0.0392. The summed E-state index contributed by atoms with van der Waals surface area (Å²) in [5.74, 6) is 1.03. The first kappa shape index (κ1) is 32.5. The highest BCUT2D eigenvalue weighted by atomic mass is 15.1. The normalized spacial score (nSPS) is 11.4. The number of fused-ring (bicyclic) bond motifs is 5. The van der Waals surface area contributed by atoms with Crippen molar-refractivity contribution in [1.82, 2.24) is 19.5 Å². The standard InChI is InChI=1S/C51H36N4/c1-2-48-54-51-47(55(48)41-21-10-5-11-22-41)30-29-43-42-23-12-13-24-44(42)53-50(49(43)51)39-20-14-19-38(31-39)34-25-27-35(28-26-34)40-32-45(36-15-6-3-7-16-36)52-46(33-40)37-17-8-4-9-18-37/h3-33H,2H2,1H3. The Morgan fingerprint density at radius 1 is 0.418 bits per heavy atom. The van der Waals surface area contributed by atoms with E-state index in [4.69, 9.17) is 15.0 Å². The van der Waals surface area contributed by atoms with E-state index < -0.39 is 0 Å². The zero-order valence-electron chi connectivity index (χ0n) is 30.4. The molecule has 0 aliphatic carbocycles. The molecule has 0 saturated carbocycles. The van der Waals surface area contributed by atoms with Gasteiger partial charge >= 0.3 is 0 Å². The molecule has 0 unspecified atom stereocenters. The number of aryl methyl sites for hydroxylation is 1. The Morgan fingerprint density at radius 2 is 1.00 bits per heavy atom. The lowest BCUT2D eigenvalue weighted by Crippen LogP contribution is -1.99. The highest BCUT2D eigenvalue weighted by Crippen LogP contribution is 2.39. The second-order valence-electron chi connectivity index (χ2n) is 13.9. The molecular weight excluding hydrogens is 669 g/mol. The minimum Gasteiger partial charge on any atom is -0.296 e. The molecule has 0 aliphatic rings. The lowest BCUT2D eigenvalue weighted by atomic mass is 9.95. The van der Waals surface area contributed by atoms with E-state index in [1.54, 1.807) is 0 Å². The van der Waals surface area contributed by atoms with Crippen LogP contribution in [0.3, 0.4) is 0 Å². The van der Waals surface area contributed by atoms with Gasteiger partial charge in [0.15, 0.2) is 0 Å². The van der Waals surface area contributed by atoms with Crippen LogP contribution < -0.4 is 0 Å². The van der Waals surface area contributed by atoms with Gasteiger partial charge in [0.1, 0.15) is 5.82 Å². The van der Waals surface area contributed by atoms with Gasteiger partial charge in [-0.25, -0.2) is 15.0 Å². The van der Waals surface area contributed by atoms with Crippen molar-refractivity contribution in [2.45, 2.75) is 13.3 Å². The lowest BCUT2D eigenvalue weighted by Gasteiger charge is -2.13. The van der Waals surface area contributed by atoms with Crippen LogP contribution in [-0.2, 0) is 6.42 Å². The van der Waals surface area contributed by atoms with Gasteiger partial charge in [0, 0.05) is 39.6 Å². The van der Waals surface area contributed by atoms with Gasteiger partial charge in [-0.1, -0.05) is 153 Å². The van der Waals surface area contributed by atoms with Crippen LogP contribution in [-0.4, -0.2) is 19.5 Å². The molecule has 0 aliphatic heterocycles. The third-order valence-corrected chi connectivity index (χ3v) is 10.5. The maximum Gasteiger partial charge on any atom is 0.114 e. The van der Waals surface area contributed by atoms with Crippen LogP contribution in [0.15, 0.2) is 188 Å². The van der Waals surface area contributed by atoms with Gasteiger partial charge in [-0.05, 0) is 70.1 Å². The Morgan fingerprint density at radius 3 is 1.67 bits per heavy atom. The first-order valence-electron chi connectivity index (χ1n) is 18.8. The summed E-state index contributed by atoms with van der Waals surface area (Å²) in [6.07, 6.45) is 0.813.